The van der Waals surface area contributed by atoms with Gasteiger partial charge in [0.1, 0.15) is 5.60 Å². The minimum absolute atomic E-state index is 0.229. The molecule has 1 radical (unpaired) electrons. The minimum atomic E-state index is -1.34. The zero-order valence-electron chi connectivity index (χ0n) is 11.4. The lowest BCUT2D eigenvalue weighted by atomic mass is 9.83. The molecule has 0 atom stereocenters. The van der Waals surface area contributed by atoms with Gasteiger partial charge in [0.05, 0.1) is 5.69 Å². The van der Waals surface area contributed by atoms with E-state index in [9.17, 15) is 4.79 Å². The Balaban J connectivity index is 2.59. The Kier molecular flexibility index (Phi) is 5.38. The fourth-order valence-electron chi connectivity index (χ4n) is 1.43. The molecule has 19 heavy (non-hydrogen) atoms. The summed E-state index contributed by atoms with van der Waals surface area (Å²) in [6, 6.07) is 8.25. The summed E-state index contributed by atoms with van der Waals surface area (Å²) in [6.45, 7) is 5.36. The van der Waals surface area contributed by atoms with E-state index in [0.717, 1.165) is 5.56 Å². The first-order chi connectivity index (χ1) is 8.76. The number of benzene rings is 1. The van der Waals surface area contributed by atoms with Crippen LogP contribution in [0.5, 0.6) is 0 Å². The van der Waals surface area contributed by atoms with E-state index in [2.05, 4.69) is 11.4 Å². The molecule has 1 amide bonds. The molecule has 6 heteroatoms. The van der Waals surface area contributed by atoms with Gasteiger partial charge in [-0.25, -0.2) is 4.79 Å². The molecule has 0 aliphatic heterocycles. The molecule has 103 valence electrons. The Morgan fingerprint density at radius 2 is 2.11 bits per heavy atom. The normalized spacial score (nSPS) is 11.0. The third-order valence-corrected chi connectivity index (χ3v) is 2.16. The van der Waals surface area contributed by atoms with Gasteiger partial charge in [0.2, 0.25) is 0 Å². The van der Waals surface area contributed by atoms with Gasteiger partial charge in [0, 0.05) is 6.07 Å². The predicted molar refractivity (Wildman–Crippen MR) is 73.8 cm³/mol. The van der Waals surface area contributed by atoms with Crippen LogP contribution in [0.2, 0.25) is 6.32 Å². The Hall–Kier alpha value is -1.53. The van der Waals surface area contributed by atoms with Crippen LogP contribution in [-0.2, 0) is 11.2 Å². The molecule has 0 bridgehead atoms. The van der Waals surface area contributed by atoms with Crippen LogP contribution in [0.25, 0.3) is 0 Å². The second-order valence-corrected chi connectivity index (χ2v) is 5.24. The molecule has 0 fully saturated rings. The van der Waals surface area contributed by atoms with E-state index in [1.807, 2.05) is 6.07 Å². The number of hydrogen-bond donors (Lipinski definition) is 3. The van der Waals surface area contributed by atoms with E-state index in [-0.39, 0.29) is 6.32 Å². The first-order valence-corrected chi connectivity index (χ1v) is 6.13. The number of carbonyl (C=O) groups is 1. The van der Waals surface area contributed by atoms with E-state index in [0.29, 0.717) is 12.1 Å². The topological polar surface area (TPSA) is 78.8 Å². The van der Waals surface area contributed by atoms with Crippen molar-refractivity contribution in [3.05, 3.63) is 29.8 Å². The predicted octanol–water partition coefficient (Wildman–Crippen LogP) is 1.85. The van der Waals surface area contributed by atoms with Gasteiger partial charge in [-0.15, -0.1) is 0 Å². The maximum Gasteiger partial charge on any atom is 0.451 e. The molecule has 0 aliphatic rings. The fourth-order valence-corrected chi connectivity index (χ4v) is 1.43. The largest absolute Gasteiger partial charge is 0.451 e. The number of anilines is 1. The summed E-state index contributed by atoms with van der Waals surface area (Å²) in [4.78, 5) is 11.6. The van der Waals surface area contributed by atoms with Gasteiger partial charge in [-0.1, -0.05) is 12.1 Å². The molecule has 3 N–H and O–H groups in total. The van der Waals surface area contributed by atoms with Gasteiger partial charge in [0.15, 0.2) is 0 Å². The lowest BCUT2D eigenvalue weighted by molar-refractivity contribution is 0.0636. The fraction of sp³-hybridized carbons (Fsp3) is 0.462. The van der Waals surface area contributed by atoms with Crippen molar-refractivity contribution >= 4 is 18.9 Å². The summed E-state index contributed by atoms with van der Waals surface area (Å²) in [6.07, 6.45) is 0.163. The van der Waals surface area contributed by atoms with Gasteiger partial charge >= 0.3 is 13.2 Å². The van der Waals surface area contributed by atoms with Gasteiger partial charge < -0.3 is 14.8 Å². The van der Waals surface area contributed by atoms with Crippen molar-refractivity contribution in [2.75, 3.05) is 5.32 Å². The maximum absolute atomic E-state index is 11.6. The summed E-state index contributed by atoms with van der Waals surface area (Å²) in [7, 11) is -1.34. The van der Waals surface area contributed by atoms with Crippen molar-refractivity contribution in [2.24, 2.45) is 0 Å². The lowest BCUT2D eigenvalue weighted by Gasteiger charge is -2.19. The molecule has 0 saturated carbocycles. The third-order valence-electron chi connectivity index (χ3n) is 2.16. The first kappa shape index (κ1) is 15.5. The second-order valence-electron chi connectivity index (χ2n) is 5.24. The van der Waals surface area contributed by atoms with Crippen LogP contribution in [0.3, 0.4) is 0 Å². The summed E-state index contributed by atoms with van der Waals surface area (Å²) in [5, 5.41) is 20.2. The number of hydrogen-bond acceptors (Lipinski definition) is 4. The van der Waals surface area contributed by atoms with Gasteiger partial charge in [-0.2, -0.15) is 0 Å². The molecular formula is C13H19BNO4. The summed E-state index contributed by atoms with van der Waals surface area (Å²) in [5.74, 6) is 0. The molecule has 0 aromatic heterocycles. The number of ether oxygens (including phenoxy) is 1. The monoisotopic (exact) mass is 264 g/mol. The van der Waals surface area contributed by atoms with Crippen LogP contribution < -0.4 is 5.32 Å². The lowest BCUT2D eigenvalue weighted by Crippen LogP contribution is -2.27. The molecule has 0 unspecified atom stereocenters. The molecule has 0 saturated heterocycles. The highest BCUT2D eigenvalue weighted by atomic mass is 16.6. The first-order valence-electron chi connectivity index (χ1n) is 6.13. The number of rotatable bonds is 4. The molecule has 0 spiro atoms. The molecule has 1 rings (SSSR count). The number of nitrogens with one attached hydrogen (secondary N) is 1. The van der Waals surface area contributed by atoms with Crippen molar-refractivity contribution < 1.29 is 19.6 Å². The highest BCUT2D eigenvalue weighted by molar-refractivity contribution is 6.40. The summed E-state index contributed by atoms with van der Waals surface area (Å²) < 4.78 is 5.13. The van der Waals surface area contributed by atoms with Crippen LogP contribution in [0.4, 0.5) is 10.5 Å². The SMILES string of the molecule is CC(C)(C)OC(=O)Nc1[c]c(CCB(O)O)ccc1. The van der Waals surface area contributed by atoms with Crippen LogP contribution in [0, 0.1) is 6.07 Å². The molecule has 5 nitrogen and oxygen atoms in total. The molecule has 1 aromatic rings. The van der Waals surface area contributed by atoms with Crippen LogP contribution in [0.15, 0.2) is 18.2 Å². The summed E-state index contributed by atoms with van der Waals surface area (Å²) in [5.41, 5.74) is 0.740. The zero-order valence-corrected chi connectivity index (χ0v) is 11.4. The average molecular weight is 264 g/mol. The van der Waals surface area contributed by atoms with Gasteiger partial charge in [0.25, 0.3) is 0 Å². The van der Waals surface area contributed by atoms with E-state index in [1.165, 1.54) is 0 Å². The average Bonchev–Trinajstić information content (AvgIpc) is 2.24. The smallest absolute Gasteiger partial charge is 0.444 e. The van der Waals surface area contributed by atoms with Crippen molar-refractivity contribution in [2.45, 2.75) is 39.1 Å². The molecule has 0 heterocycles. The maximum atomic E-state index is 11.6. The van der Waals surface area contributed by atoms with Crippen LogP contribution >= 0.6 is 0 Å². The Labute approximate surface area is 113 Å². The van der Waals surface area contributed by atoms with Crippen LogP contribution in [-0.4, -0.2) is 28.9 Å². The Bertz CT molecular complexity index is 429. The van der Waals surface area contributed by atoms with Crippen LogP contribution in [0.1, 0.15) is 26.3 Å². The number of amides is 1. The standard InChI is InChI=1S/C13H19BNO4/c1-13(2,3)19-12(16)15-11-6-4-5-10(9-11)7-8-14(17)18/h4-6,17-18H,7-8H2,1-3H3,(H,15,16). The second kappa shape index (κ2) is 6.59. The molecule has 0 aliphatic carbocycles. The summed E-state index contributed by atoms with van der Waals surface area (Å²) >= 11 is 0. The van der Waals surface area contributed by atoms with Crippen molar-refractivity contribution in [3.63, 3.8) is 0 Å². The van der Waals surface area contributed by atoms with E-state index in [1.54, 1.807) is 32.9 Å². The number of carbonyl (C=O) groups excluding carboxylic acids is 1. The van der Waals surface area contributed by atoms with E-state index < -0.39 is 18.8 Å². The molecule has 1 aromatic carbocycles. The minimum Gasteiger partial charge on any atom is -0.444 e. The van der Waals surface area contributed by atoms with Gasteiger partial charge in [-0.05, 0) is 45.1 Å². The number of aryl methyl sites for hydroxylation is 1. The van der Waals surface area contributed by atoms with Crippen molar-refractivity contribution in [1.29, 1.82) is 0 Å². The quantitative estimate of drug-likeness (QED) is 0.725. The van der Waals surface area contributed by atoms with E-state index in [4.69, 9.17) is 14.8 Å². The van der Waals surface area contributed by atoms with Crippen molar-refractivity contribution in [3.8, 4) is 0 Å². The highest BCUT2D eigenvalue weighted by Crippen LogP contribution is 2.14. The third kappa shape index (κ3) is 6.83. The Morgan fingerprint density at radius 3 is 2.68 bits per heavy atom. The Morgan fingerprint density at radius 1 is 1.42 bits per heavy atom. The zero-order chi connectivity index (χ0) is 14.5. The van der Waals surface area contributed by atoms with E-state index >= 15 is 0 Å². The van der Waals surface area contributed by atoms with Crippen molar-refractivity contribution in [1.82, 2.24) is 0 Å². The van der Waals surface area contributed by atoms with Gasteiger partial charge in [-0.3, -0.25) is 5.32 Å². The highest BCUT2D eigenvalue weighted by Gasteiger charge is 2.16. The molecular weight excluding hydrogens is 245 g/mol.